The maximum absolute atomic E-state index is 12.3. The van der Waals surface area contributed by atoms with Gasteiger partial charge in [-0.25, -0.2) is 4.79 Å². The number of carboxylic acids is 1. The number of carboxylic acid groups (broad SMARTS) is 1. The minimum atomic E-state index is -1.07. The van der Waals surface area contributed by atoms with E-state index in [9.17, 15) is 14.9 Å². The highest BCUT2D eigenvalue weighted by Crippen LogP contribution is 2.12. The van der Waals surface area contributed by atoms with Gasteiger partial charge in [-0.3, -0.25) is 4.79 Å². The van der Waals surface area contributed by atoms with E-state index in [1.165, 1.54) is 12.1 Å². The molecule has 6 heteroatoms. The Hall–Kier alpha value is -2.81. The van der Waals surface area contributed by atoms with Crippen molar-refractivity contribution in [3.63, 3.8) is 0 Å². The van der Waals surface area contributed by atoms with E-state index >= 15 is 0 Å². The van der Waals surface area contributed by atoms with Crippen molar-refractivity contribution in [3.8, 4) is 6.07 Å². The van der Waals surface area contributed by atoms with Crippen molar-refractivity contribution in [1.29, 1.82) is 5.26 Å². The number of nitriles is 1. The number of aromatic carboxylic acids is 1. The van der Waals surface area contributed by atoms with Crippen molar-refractivity contribution in [2.24, 2.45) is 0 Å². The summed E-state index contributed by atoms with van der Waals surface area (Å²) >= 11 is 0. The molecule has 0 aliphatic rings. The normalized spacial score (nSPS) is 10.8. The zero-order valence-corrected chi connectivity index (χ0v) is 14.1. The molecule has 1 rings (SSSR count). The molecule has 0 aromatic heterocycles. The number of hydrogen-bond acceptors (Lipinski definition) is 4. The van der Waals surface area contributed by atoms with Crippen LogP contribution in [0.1, 0.15) is 43.5 Å². The van der Waals surface area contributed by atoms with Crippen LogP contribution in [0.4, 0.5) is 5.69 Å². The predicted molar refractivity (Wildman–Crippen MR) is 92.5 cm³/mol. The first-order valence-corrected chi connectivity index (χ1v) is 8.02. The summed E-state index contributed by atoms with van der Waals surface area (Å²) in [4.78, 5) is 25.2. The highest BCUT2D eigenvalue weighted by Gasteiger charge is 2.12. The summed E-state index contributed by atoms with van der Waals surface area (Å²) in [5.74, 6) is -1.62. The van der Waals surface area contributed by atoms with Gasteiger partial charge in [0, 0.05) is 25.0 Å². The van der Waals surface area contributed by atoms with E-state index < -0.39 is 11.9 Å². The molecule has 0 saturated carbocycles. The Morgan fingerprint density at radius 1 is 1.29 bits per heavy atom. The zero-order valence-electron chi connectivity index (χ0n) is 14.1. The molecule has 0 heterocycles. The Morgan fingerprint density at radius 3 is 2.62 bits per heavy atom. The molecule has 0 atom stereocenters. The van der Waals surface area contributed by atoms with Gasteiger partial charge in [-0.15, -0.1) is 0 Å². The Labute approximate surface area is 142 Å². The lowest BCUT2D eigenvalue weighted by atomic mass is 10.2. The molecule has 0 aliphatic carbocycles. The molecule has 24 heavy (non-hydrogen) atoms. The smallest absolute Gasteiger partial charge is 0.335 e. The molecule has 128 valence electrons. The van der Waals surface area contributed by atoms with Gasteiger partial charge in [0.2, 0.25) is 0 Å². The number of carbonyl (C=O) groups excluding carboxylic acids is 1. The predicted octanol–water partition coefficient (Wildman–Crippen LogP) is 3.24. The summed E-state index contributed by atoms with van der Waals surface area (Å²) in [6.45, 7) is 5.68. The van der Waals surface area contributed by atoms with Gasteiger partial charge in [-0.1, -0.05) is 26.3 Å². The number of nitrogens with zero attached hydrogens (tertiary/aromatic N) is 2. The zero-order chi connectivity index (χ0) is 17.9. The Bertz CT molecular complexity index is 647. The van der Waals surface area contributed by atoms with Crippen molar-refractivity contribution >= 4 is 17.6 Å². The molecular formula is C18H23N3O3. The van der Waals surface area contributed by atoms with Crippen LogP contribution >= 0.6 is 0 Å². The monoisotopic (exact) mass is 329 g/mol. The van der Waals surface area contributed by atoms with E-state index in [0.717, 1.165) is 32.4 Å². The number of rotatable bonds is 9. The molecule has 0 radical (unpaired) electrons. The minimum Gasteiger partial charge on any atom is -0.478 e. The summed E-state index contributed by atoms with van der Waals surface area (Å²) in [5.41, 5.74) is 0.419. The lowest BCUT2D eigenvalue weighted by Gasteiger charge is -2.19. The van der Waals surface area contributed by atoms with Crippen LogP contribution in [0.3, 0.4) is 0 Å². The summed E-state index contributed by atoms with van der Waals surface area (Å²) < 4.78 is 0. The van der Waals surface area contributed by atoms with E-state index in [0.29, 0.717) is 5.69 Å². The minimum absolute atomic E-state index is 0.000260. The summed E-state index contributed by atoms with van der Waals surface area (Å²) in [5, 5.41) is 20.8. The fourth-order valence-electron chi connectivity index (χ4n) is 2.14. The lowest BCUT2D eigenvalue weighted by molar-refractivity contribution is -0.112. The van der Waals surface area contributed by atoms with Crippen LogP contribution in [0.15, 0.2) is 36.0 Å². The van der Waals surface area contributed by atoms with Crippen LogP contribution in [-0.4, -0.2) is 35.0 Å². The number of hydrogen-bond donors (Lipinski definition) is 2. The maximum Gasteiger partial charge on any atom is 0.335 e. The third kappa shape index (κ3) is 6.13. The van der Waals surface area contributed by atoms with E-state index in [2.05, 4.69) is 12.2 Å². The second kappa shape index (κ2) is 10.1. The average Bonchev–Trinajstić information content (AvgIpc) is 2.57. The summed E-state index contributed by atoms with van der Waals surface area (Å²) in [6.07, 6.45) is 4.51. The first-order valence-electron chi connectivity index (χ1n) is 8.02. The Morgan fingerprint density at radius 2 is 2.04 bits per heavy atom. The molecule has 0 bridgehead atoms. The highest BCUT2D eigenvalue weighted by atomic mass is 16.4. The molecule has 2 N–H and O–H groups in total. The molecule has 6 nitrogen and oxygen atoms in total. The number of carbonyl (C=O) groups is 2. The van der Waals surface area contributed by atoms with Crippen molar-refractivity contribution in [2.75, 3.05) is 18.4 Å². The van der Waals surface area contributed by atoms with Gasteiger partial charge in [-0.2, -0.15) is 5.26 Å². The van der Waals surface area contributed by atoms with Gasteiger partial charge in [-0.05, 0) is 31.0 Å². The number of unbranched alkanes of at least 4 members (excludes halogenated alkanes) is 1. The molecule has 0 aliphatic heterocycles. The van der Waals surface area contributed by atoms with E-state index in [1.807, 2.05) is 17.9 Å². The van der Waals surface area contributed by atoms with Gasteiger partial charge >= 0.3 is 5.97 Å². The molecule has 0 unspecified atom stereocenters. The van der Waals surface area contributed by atoms with E-state index in [1.54, 1.807) is 18.3 Å². The fourth-order valence-corrected chi connectivity index (χ4v) is 2.14. The standard InChI is InChI=1S/C18H23N3O3/c1-3-5-10-21(9-4-2)13-15(12-19)17(22)20-16-8-6-7-14(11-16)18(23)24/h6-8,11,13H,3-5,9-10H2,1-2H3,(H,20,22)(H,23,24)/b15-13-. The van der Waals surface area contributed by atoms with Gasteiger partial charge in [0.15, 0.2) is 0 Å². The Kier molecular flexibility index (Phi) is 8.06. The molecule has 1 aromatic carbocycles. The van der Waals surface area contributed by atoms with Gasteiger partial charge < -0.3 is 15.3 Å². The largest absolute Gasteiger partial charge is 0.478 e. The molecule has 0 fully saturated rings. The highest BCUT2D eigenvalue weighted by molar-refractivity contribution is 6.06. The van der Waals surface area contributed by atoms with Crippen LogP contribution in [0, 0.1) is 11.3 Å². The summed E-state index contributed by atoms with van der Waals surface area (Å²) in [6, 6.07) is 7.84. The van der Waals surface area contributed by atoms with Crippen LogP contribution in [0.25, 0.3) is 0 Å². The van der Waals surface area contributed by atoms with Crippen LogP contribution < -0.4 is 5.32 Å². The average molecular weight is 329 g/mol. The first kappa shape index (κ1) is 19.2. The van der Waals surface area contributed by atoms with Crippen molar-refractivity contribution in [3.05, 3.63) is 41.6 Å². The van der Waals surface area contributed by atoms with Crippen molar-refractivity contribution < 1.29 is 14.7 Å². The molecule has 1 aromatic rings. The first-order chi connectivity index (χ1) is 11.5. The third-order valence-electron chi connectivity index (χ3n) is 3.35. The molecule has 0 saturated heterocycles. The van der Waals surface area contributed by atoms with Crippen LogP contribution in [0.5, 0.6) is 0 Å². The van der Waals surface area contributed by atoms with Gasteiger partial charge in [0.25, 0.3) is 5.91 Å². The Balaban J connectivity index is 2.88. The quantitative estimate of drug-likeness (QED) is 0.536. The number of anilines is 1. The molecular weight excluding hydrogens is 306 g/mol. The second-order valence-corrected chi connectivity index (χ2v) is 5.38. The summed E-state index contributed by atoms with van der Waals surface area (Å²) in [7, 11) is 0. The molecule has 1 amide bonds. The van der Waals surface area contributed by atoms with Crippen molar-refractivity contribution in [1.82, 2.24) is 4.90 Å². The SMILES string of the molecule is CCCCN(/C=C(/C#N)C(=O)Nc1cccc(C(=O)O)c1)CCC. The van der Waals surface area contributed by atoms with Gasteiger partial charge in [0.1, 0.15) is 11.6 Å². The van der Waals surface area contributed by atoms with Gasteiger partial charge in [0.05, 0.1) is 5.56 Å². The van der Waals surface area contributed by atoms with Crippen LogP contribution in [-0.2, 0) is 4.79 Å². The van der Waals surface area contributed by atoms with E-state index in [-0.39, 0.29) is 11.1 Å². The molecule has 0 spiro atoms. The fraction of sp³-hybridized carbons (Fsp3) is 0.389. The maximum atomic E-state index is 12.3. The van der Waals surface area contributed by atoms with Crippen molar-refractivity contribution in [2.45, 2.75) is 33.1 Å². The topological polar surface area (TPSA) is 93.4 Å². The number of benzene rings is 1. The lowest BCUT2D eigenvalue weighted by Crippen LogP contribution is -2.23. The van der Waals surface area contributed by atoms with Crippen LogP contribution in [0.2, 0.25) is 0 Å². The number of nitrogens with one attached hydrogen (secondary N) is 1. The second-order valence-electron chi connectivity index (χ2n) is 5.38. The van der Waals surface area contributed by atoms with E-state index in [4.69, 9.17) is 5.11 Å². The number of amides is 1. The third-order valence-corrected chi connectivity index (χ3v) is 3.35.